The number of aromatic hydroxyl groups is 1. The number of amides is 4. The van der Waals surface area contributed by atoms with Crippen molar-refractivity contribution in [2.45, 2.75) is 30.4 Å². The van der Waals surface area contributed by atoms with Crippen molar-refractivity contribution in [3.05, 3.63) is 154 Å². The van der Waals surface area contributed by atoms with E-state index in [2.05, 4.69) is 15.7 Å². The van der Waals surface area contributed by atoms with Crippen molar-refractivity contribution in [1.29, 1.82) is 0 Å². The standard InChI is InChI=1S/C44H31Cl2F4N5O5/c45-25-9-7-23(8-10-25)43-32(40(58)55(42(43)60)53-38-33(46)19-24(21-51-38)44(48,49)50)20-31-29(37(43)22-6-17-35(56)34(47)18-22)15-16-30-36(31)41(59)54(39(30)57)28-13-11-27(12-14-28)52-26-4-2-1-3-5-26/h1-15,17-19,21,30-32,36-37,52,56H,16,20H2,(H,51,53)/t30-,31+,32-,36-,37-,43+/m0/s1. The third-order valence-corrected chi connectivity index (χ3v) is 12.6. The number of carbonyl (C=O) groups excluding carboxylic acids is 4. The van der Waals surface area contributed by atoms with Gasteiger partial charge in [-0.3, -0.25) is 29.5 Å². The van der Waals surface area contributed by atoms with E-state index in [4.69, 9.17) is 23.2 Å². The van der Waals surface area contributed by atoms with Gasteiger partial charge in [-0.05, 0) is 96.6 Å². The van der Waals surface area contributed by atoms with Crippen LogP contribution in [0, 0.1) is 29.5 Å². The summed E-state index contributed by atoms with van der Waals surface area (Å²) in [5.41, 5.74) is 2.41. The number of pyridine rings is 1. The maximum absolute atomic E-state index is 15.4. The SMILES string of the molecule is O=C1[C@@H]2C[C@@H]3C(=CC[C@@H]4C(=O)N(c5ccc(Nc6ccccc6)cc5)C(=O)[C@@H]43)[C@H](c3ccc(O)c(F)c3)[C@]2(c2ccc(Cl)cc2)C(=O)N1Nc1ncc(C(F)(F)F)cc1Cl. The van der Waals surface area contributed by atoms with Crippen molar-refractivity contribution in [3.8, 4) is 5.75 Å². The van der Waals surface area contributed by atoms with Crippen molar-refractivity contribution in [3.63, 3.8) is 0 Å². The van der Waals surface area contributed by atoms with Crippen molar-refractivity contribution in [2.75, 3.05) is 15.6 Å². The highest BCUT2D eigenvalue weighted by Crippen LogP contribution is 2.64. The Balaban J connectivity index is 1.15. The predicted molar refractivity (Wildman–Crippen MR) is 214 cm³/mol. The first-order valence-electron chi connectivity index (χ1n) is 18.8. The number of para-hydroxylation sites is 1. The third kappa shape index (κ3) is 6.19. The minimum atomic E-state index is -4.78. The lowest BCUT2D eigenvalue weighted by atomic mass is 9.49. The number of hydrogen-bond acceptors (Lipinski definition) is 8. The number of nitrogens with one attached hydrogen (secondary N) is 2. The summed E-state index contributed by atoms with van der Waals surface area (Å²) in [6, 6.07) is 26.6. The molecule has 60 heavy (non-hydrogen) atoms. The summed E-state index contributed by atoms with van der Waals surface area (Å²) in [6.07, 6.45) is -2.55. The number of allylic oxidation sites excluding steroid dienone is 2. The molecule has 2 aliphatic carbocycles. The highest BCUT2D eigenvalue weighted by molar-refractivity contribution is 6.33. The van der Waals surface area contributed by atoms with Crippen LogP contribution in [-0.2, 0) is 30.8 Å². The summed E-state index contributed by atoms with van der Waals surface area (Å²) in [7, 11) is 0. The number of alkyl halides is 3. The van der Waals surface area contributed by atoms with Crippen LogP contribution in [-0.4, -0.2) is 38.7 Å². The molecule has 4 aromatic carbocycles. The van der Waals surface area contributed by atoms with Crippen molar-refractivity contribution in [1.82, 2.24) is 9.99 Å². The minimum Gasteiger partial charge on any atom is -0.505 e. The number of hydrogen-bond donors (Lipinski definition) is 3. The zero-order valence-corrected chi connectivity index (χ0v) is 32.5. The number of halogens is 6. The Hall–Kier alpha value is -6.25. The Morgan fingerprint density at radius 3 is 2.18 bits per heavy atom. The van der Waals surface area contributed by atoms with E-state index < -0.39 is 92.8 Å². The first-order chi connectivity index (χ1) is 28.7. The number of phenolic OH excluding ortho intramolecular Hbond substituents is 1. The number of fused-ring (bicyclic) bond motifs is 4. The van der Waals surface area contributed by atoms with Crippen LogP contribution in [0.15, 0.2) is 121 Å². The molecule has 0 unspecified atom stereocenters. The van der Waals surface area contributed by atoms with E-state index in [1.165, 1.54) is 18.2 Å². The van der Waals surface area contributed by atoms with Crippen molar-refractivity contribution in [2.24, 2.45) is 23.7 Å². The maximum Gasteiger partial charge on any atom is 0.417 e. The molecule has 3 fully saturated rings. The molecule has 3 N–H and O–H groups in total. The van der Waals surface area contributed by atoms with Crippen LogP contribution < -0.4 is 15.6 Å². The number of rotatable bonds is 7. The van der Waals surface area contributed by atoms with Gasteiger partial charge in [0.2, 0.25) is 11.8 Å². The van der Waals surface area contributed by atoms with Crippen LogP contribution in [0.1, 0.15) is 35.4 Å². The van der Waals surface area contributed by atoms with E-state index in [9.17, 15) is 32.7 Å². The molecule has 5 aromatic rings. The molecule has 9 rings (SSSR count). The molecule has 4 aliphatic rings. The molecule has 16 heteroatoms. The molecule has 2 saturated heterocycles. The molecule has 10 nitrogen and oxygen atoms in total. The number of hydrazine groups is 1. The monoisotopic (exact) mass is 855 g/mol. The van der Waals surface area contributed by atoms with Gasteiger partial charge in [-0.2, -0.15) is 18.2 Å². The van der Waals surface area contributed by atoms with Gasteiger partial charge in [0.05, 0.1) is 39.4 Å². The van der Waals surface area contributed by atoms with Crippen LogP contribution in [0.3, 0.4) is 0 Å². The Morgan fingerprint density at radius 2 is 1.52 bits per heavy atom. The number of benzene rings is 4. The number of imide groups is 2. The van der Waals surface area contributed by atoms with Crippen LogP contribution in [0.25, 0.3) is 0 Å². The smallest absolute Gasteiger partial charge is 0.417 e. The van der Waals surface area contributed by atoms with Crippen LogP contribution in [0.5, 0.6) is 5.75 Å². The molecule has 0 bridgehead atoms. The minimum absolute atomic E-state index is 0.0822. The van der Waals surface area contributed by atoms with E-state index in [1.54, 1.807) is 42.5 Å². The lowest BCUT2D eigenvalue weighted by Crippen LogP contribution is -2.53. The fourth-order valence-electron chi connectivity index (χ4n) is 9.50. The molecule has 1 saturated carbocycles. The van der Waals surface area contributed by atoms with Gasteiger partial charge in [0.25, 0.3) is 11.8 Å². The lowest BCUT2D eigenvalue weighted by Gasteiger charge is -2.50. The Bertz CT molecular complexity index is 2630. The van der Waals surface area contributed by atoms with Crippen molar-refractivity contribution >= 4 is 69.7 Å². The molecule has 304 valence electrons. The second-order valence-electron chi connectivity index (χ2n) is 15.2. The number of aromatic nitrogens is 1. The Labute approximate surface area is 349 Å². The number of anilines is 4. The third-order valence-electron chi connectivity index (χ3n) is 12.1. The maximum atomic E-state index is 15.4. The van der Waals surface area contributed by atoms with E-state index >= 15 is 9.18 Å². The molecule has 4 amide bonds. The van der Waals surface area contributed by atoms with Crippen LogP contribution >= 0.6 is 23.2 Å². The molecule has 1 aromatic heterocycles. The highest BCUT2D eigenvalue weighted by atomic mass is 35.5. The average Bonchev–Trinajstić information content (AvgIpc) is 3.60. The summed E-state index contributed by atoms with van der Waals surface area (Å²) in [5.74, 6) is -9.83. The van der Waals surface area contributed by atoms with E-state index in [0.717, 1.165) is 28.4 Å². The second-order valence-corrected chi connectivity index (χ2v) is 16.0. The second kappa shape index (κ2) is 14.5. The summed E-state index contributed by atoms with van der Waals surface area (Å²) >= 11 is 12.6. The molecular formula is C44H31Cl2F4N5O5. The summed E-state index contributed by atoms with van der Waals surface area (Å²) < 4.78 is 56.0. The van der Waals surface area contributed by atoms with E-state index in [1.807, 2.05) is 30.3 Å². The molecule has 0 spiro atoms. The zero-order valence-electron chi connectivity index (χ0n) is 31.0. The van der Waals surface area contributed by atoms with Gasteiger partial charge in [0.1, 0.15) is 0 Å². The van der Waals surface area contributed by atoms with Gasteiger partial charge in [-0.25, -0.2) is 9.37 Å². The molecule has 2 aliphatic heterocycles. The van der Waals surface area contributed by atoms with Crippen molar-refractivity contribution < 1.29 is 41.8 Å². The van der Waals surface area contributed by atoms with Crippen LogP contribution in [0.4, 0.5) is 40.4 Å². The summed E-state index contributed by atoms with van der Waals surface area (Å²) in [6.45, 7) is 0. The highest BCUT2D eigenvalue weighted by Gasteiger charge is 2.70. The molecule has 0 radical (unpaired) electrons. The first kappa shape index (κ1) is 39.2. The quantitative estimate of drug-likeness (QED) is 0.0840. The van der Waals surface area contributed by atoms with Crippen LogP contribution in [0.2, 0.25) is 10.0 Å². The summed E-state index contributed by atoms with van der Waals surface area (Å²) in [5, 5.41) is 14.0. The predicted octanol–water partition coefficient (Wildman–Crippen LogP) is 9.18. The van der Waals surface area contributed by atoms with Gasteiger partial charge >= 0.3 is 6.18 Å². The van der Waals surface area contributed by atoms with Gasteiger partial charge in [0, 0.05) is 28.5 Å². The molecule has 6 atom stereocenters. The molecule has 3 heterocycles. The van der Waals surface area contributed by atoms with Gasteiger partial charge in [-0.1, -0.05) is 71.2 Å². The number of nitrogens with zero attached hydrogens (tertiary/aromatic N) is 3. The Morgan fingerprint density at radius 1 is 0.817 bits per heavy atom. The average molecular weight is 857 g/mol. The normalized spacial score (nSPS) is 24.8. The fourth-order valence-corrected chi connectivity index (χ4v) is 9.83. The zero-order chi connectivity index (χ0) is 42.2. The fraction of sp³-hybridized carbons (Fsp3) is 0.205. The van der Waals surface area contributed by atoms with Gasteiger partial charge in [-0.15, -0.1) is 0 Å². The topological polar surface area (TPSA) is 132 Å². The number of carbonyl (C=O) groups is 4. The summed E-state index contributed by atoms with van der Waals surface area (Å²) in [4.78, 5) is 64.0. The van der Waals surface area contributed by atoms with Gasteiger partial charge in [0.15, 0.2) is 17.4 Å². The van der Waals surface area contributed by atoms with Gasteiger partial charge < -0.3 is 10.4 Å². The Kier molecular flexibility index (Phi) is 9.47. The number of phenols is 1. The van der Waals surface area contributed by atoms with E-state index in [-0.39, 0.29) is 18.4 Å². The largest absolute Gasteiger partial charge is 0.505 e. The lowest BCUT2D eigenvalue weighted by molar-refractivity contribution is -0.139. The molecular weight excluding hydrogens is 825 g/mol. The first-order valence-corrected chi connectivity index (χ1v) is 19.6. The van der Waals surface area contributed by atoms with E-state index in [0.29, 0.717) is 39.1 Å².